The molecule has 4 aliphatic heterocycles. The number of rotatable bonds is 6. The van der Waals surface area contributed by atoms with E-state index in [1.54, 1.807) is 18.2 Å². The number of amides is 1. The van der Waals surface area contributed by atoms with Crippen LogP contribution in [0.2, 0.25) is 0 Å². The fraction of sp³-hybridized carbons (Fsp3) is 0.400. The molecule has 34 heavy (non-hydrogen) atoms. The molecule has 3 saturated heterocycles. The molecule has 1 amide bonds. The van der Waals surface area contributed by atoms with Gasteiger partial charge < -0.3 is 19.9 Å². The van der Waals surface area contributed by atoms with Gasteiger partial charge in [0.2, 0.25) is 12.7 Å². The maximum Gasteiger partial charge on any atom is 0.231 e. The summed E-state index contributed by atoms with van der Waals surface area (Å²) in [4.78, 5) is 15.4. The highest BCUT2D eigenvalue weighted by molar-refractivity contribution is 5.79. The number of aromatic nitrogens is 3. The molecule has 0 spiro atoms. The lowest BCUT2D eigenvalue weighted by molar-refractivity contribution is -0.133. The third-order valence-electron chi connectivity index (χ3n) is 7.20. The Morgan fingerprint density at radius 3 is 2.94 bits per heavy atom. The highest BCUT2D eigenvalue weighted by atomic mass is 16.7. The van der Waals surface area contributed by atoms with Crippen molar-refractivity contribution in [3.63, 3.8) is 0 Å². The van der Waals surface area contributed by atoms with Gasteiger partial charge in [-0.05, 0) is 55.1 Å². The summed E-state index contributed by atoms with van der Waals surface area (Å²) in [5.41, 5.74) is 2.59. The zero-order valence-corrected chi connectivity index (χ0v) is 18.8. The van der Waals surface area contributed by atoms with Gasteiger partial charge in [0.15, 0.2) is 11.5 Å². The zero-order valence-electron chi connectivity index (χ0n) is 18.8. The van der Waals surface area contributed by atoms with Crippen LogP contribution in [0.1, 0.15) is 18.4 Å². The molecule has 0 saturated carbocycles. The van der Waals surface area contributed by atoms with Crippen molar-refractivity contribution in [2.24, 2.45) is 11.8 Å². The Hall–Kier alpha value is -3.59. The van der Waals surface area contributed by atoms with Gasteiger partial charge in [-0.25, -0.2) is 0 Å². The first kappa shape index (κ1) is 21.0. The van der Waals surface area contributed by atoms with Crippen LogP contribution in [0.15, 0.2) is 48.7 Å². The quantitative estimate of drug-likeness (QED) is 0.581. The van der Waals surface area contributed by atoms with E-state index in [1.165, 1.54) is 0 Å². The SMILES string of the molecule is O=C(NCc1ccc2c(c1)OCO2)[C@H]1CN2CCC1C[C@@H]2Cn1cc(-c2cccc(O)c2)nn1. The van der Waals surface area contributed by atoms with Crippen LogP contribution in [-0.4, -0.2) is 56.8 Å². The first-order chi connectivity index (χ1) is 16.6. The van der Waals surface area contributed by atoms with E-state index >= 15 is 0 Å². The first-order valence-electron chi connectivity index (χ1n) is 11.7. The van der Waals surface area contributed by atoms with E-state index in [0.29, 0.717) is 18.5 Å². The summed E-state index contributed by atoms with van der Waals surface area (Å²) in [7, 11) is 0. The number of carbonyl (C=O) groups excluding carboxylic acids is 1. The minimum absolute atomic E-state index is 0.0117. The number of hydrogen-bond donors (Lipinski definition) is 2. The molecule has 9 nitrogen and oxygen atoms in total. The molecule has 0 radical (unpaired) electrons. The average Bonchev–Trinajstić information content (AvgIpc) is 3.52. The highest BCUT2D eigenvalue weighted by Gasteiger charge is 2.43. The van der Waals surface area contributed by atoms with Gasteiger partial charge in [0, 0.05) is 24.7 Å². The van der Waals surface area contributed by atoms with Crippen molar-refractivity contribution in [1.82, 2.24) is 25.2 Å². The standard InChI is InChI=1S/C25H27N5O4/c31-20-3-1-2-18(10-20)22-14-30(28-27-22)12-19-9-17-6-7-29(19)13-21(17)25(32)26-11-16-4-5-23-24(8-16)34-15-33-23/h1-5,8,10,14,17,19,21,31H,6-7,9,11-13,15H2,(H,26,32)/t17?,19-,21+/m1/s1. The predicted molar refractivity (Wildman–Crippen MR) is 123 cm³/mol. The topological polar surface area (TPSA) is 102 Å². The monoisotopic (exact) mass is 461 g/mol. The highest BCUT2D eigenvalue weighted by Crippen LogP contribution is 2.37. The number of carbonyl (C=O) groups is 1. The van der Waals surface area contributed by atoms with Crippen LogP contribution in [0.5, 0.6) is 17.2 Å². The zero-order chi connectivity index (χ0) is 23.1. The number of benzene rings is 2. The summed E-state index contributed by atoms with van der Waals surface area (Å²) < 4.78 is 12.7. The molecule has 176 valence electrons. The number of phenols is 1. The second-order valence-electron chi connectivity index (χ2n) is 9.32. The van der Waals surface area contributed by atoms with Crippen LogP contribution in [0.4, 0.5) is 0 Å². The number of nitrogens with zero attached hydrogens (tertiary/aromatic N) is 4. The Balaban J connectivity index is 1.06. The van der Waals surface area contributed by atoms with E-state index in [4.69, 9.17) is 9.47 Å². The van der Waals surface area contributed by atoms with Gasteiger partial charge in [0.1, 0.15) is 11.4 Å². The number of ether oxygens (including phenoxy) is 2. The lowest BCUT2D eigenvalue weighted by Gasteiger charge is -2.49. The minimum atomic E-state index is 0.0117. The average molecular weight is 462 g/mol. The summed E-state index contributed by atoms with van der Waals surface area (Å²) >= 11 is 0. The third-order valence-corrected chi connectivity index (χ3v) is 7.20. The summed E-state index contributed by atoms with van der Waals surface area (Å²) in [6.07, 6.45) is 3.95. The van der Waals surface area contributed by atoms with Crippen molar-refractivity contribution in [1.29, 1.82) is 0 Å². The maximum absolute atomic E-state index is 13.0. The van der Waals surface area contributed by atoms with Crippen LogP contribution in [0, 0.1) is 11.8 Å². The number of phenolic OH excluding ortho intramolecular Hbond substituents is 1. The molecule has 3 fully saturated rings. The van der Waals surface area contributed by atoms with Gasteiger partial charge in [0.05, 0.1) is 18.7 Å². The van der Waals surface area contributed by atoms with Gasteiger partial charge in [0.25, 0.3) is 0 Å². The van der Waals surface area contributed by atoms with Crippen LogP contribution in [-0.2, 0) is 17.9 Å². The molecule has 1 aromatic heterocycles. The summed E-state index contributed by atoms with van der Waals surface area (Å²) in [6, 6.07) is 13.2. The van der Waals surface area contributed by atoms with E-state index in [1.807, 2.05) is 35.1 Å². The van der Waals surface area contributed by atoms with Crippen molar-refractivity contribution in [3.05, 3.63) is 54.2 Å². The van der Waals surface area contributed by atoms with Gasteiger partial charge in [-0.2, -0.15) is 0 Å². The van der Waals surface area contributed by atoms with Crippen molar-refractivity contribution < 1.29 is 19.4 Å². The van der Waals surface area contributed by atoms with Crippen LogP contribution < -0.4 is 14.8 Å². The molecule has 4 aliphatic rings. The van der Waals surface area contributed by atoms with Crippen molar-refractivity contribution >= 4 is 5.91 Å². The smallest absolute Gasteiger partial charge is 0.231 e. The van der Waals surface area contributed by atoms with E-state index < -0.39 is 0 Å². The predicted octanol–water partition coefficient (Wildman–Crippen LogP) is 2.41. The van der Waals surface area contributed by atoms with Crippen LogP contribution in [0.25, 0.3) is 11.3 Å². The lowest BCUT2D eigenvalue weighted by atomic mass is 9.75. The van der Waals surface area contributed by atoms with E-state index in [9.17, 15) is 9.90 Å². The molecular weight excluding hydrogens is 434 g/mol. The van der Waals surface area contributed by atoms with Crippen LogP contribution in [0.3, 0.4) is 0 Å². The lowest BCUT2D eigenvalue weighted by Crippen LogP contribution is -2.57. The number of aromatic hydroxyl groups is 1. The molecule has 2 N–H and O–H groups in total. The van der Waals surface area contributed by atoms with E-state index in [0.717, 1.165) is 60.8 Å². The largest absolute Gasteiger partial charge is 0.508 e. The second-order valence-corrected chi connectivity index (χ2v) is 9.32. The summed E-state index contributed by atoms with van der Waals surface area (Å²) in [5, 5.41) is 21.4. The fourth-order valence-corrected chi connectivity index (χ4v) is 5.40. The van der Waals surface area contributed by atoms with Crippen molar-refractivity contribution in [2.75, 3.05) is 19.9 Å². The number of piperidine rings is 3. The minimum Gasteiger partial charge on any atom is -0.508 e. The van der Waals surface area contributed by atoms with Gasteiger partial charge in [-0.15, -0.1) is 5.10 Å². The van der Waals surface area contributed by atoms with Gasteiger partial charge >= 0.3 is 0 Å². The molecule has 2 bridgehead atoms. The Morgan fingerprint density at radius 2 is 2.09 bits per heavy atom. The van der Waals surface area contributed by atoms with Crippen molar-refractivity contribution in [3.8, 4) is 28.5 Å². The normalized spacial score (nSPS) is 24.8. The maximum atomic E-state index is 13.0. The van der Waals surface area contributed by atoms with Crippen molar-refractivity contribution in [2.45, 2.75) is 32.0 Å². The Bertz CT molecular complexity index is 1210. The molecule has 2 unspecified atom stereocenters. The fourth-order valence-electron chi connectivity index (χ4n) is 5.40. The van der Waals surface area contributed by atoms with Gasteiger partial charge in [-0.1, -0.05) is 23.4 Å². The number of fused-ring (bicyclic) bond motifs is 4. The Kier molecular flexibility index (Phi) is 5.33. The Labute approximate surface area is 197 Å². The molecule has 2 aromatic carbocycles. The third kappa shape index (κ3) is 4.07. The van der Waals surface area contributed by atoms with Gasteiger partial charge in [-0.3, -0.25) is 14.4 Å². The molecule has 3 aromatic rings. The summed E-state index contributed by atoms with van der Waals surface area (Å²) in [5.74, 6) is 2.21. The molecular formula is C25H27N5O4. The number of nitrogens with one attached hydrogen (secondary N) is 1. The van der Waals surface area contributed by atoms with E-state index in [2.05, 4.69) is 20.5 Å². The molecule has 9 heteroatoms. The Morgan fingerprint density at radius 1 is 1.18 bits per heavy atom. The molecule has 4 atom stereocenters. The van der Waals surface area contributed by atoms with E-state index in [-0.39, 0.29) is 24.4 Å². The molecule has 0 aliphatic carbocycles. The number of hydrogen-bond acceptors (Lipinski definition) is 7. The first-order valence-corrected chi connectivity index (χ1v) is 11.7. The molecule has 7 rings (SSSR count). The van der Waals surface area contributed by atoms with Crippen LogP contribution >= 0.6 is 0 Å². The molecule has 5 heterocycles. The summed E-state index contributed by atoms with van der Waals surface area (Å²) in [6.45, 7) is 3.26. The second kappa shape index (κ2) is 8.64.